The van der Waals surface area contributed by atoms with E-state index in [0.717, 1.165) is 27.8 Å². The summed E-state index contributed by atoms with van der Waals surface area (Å²) in [7, 11) is 1.67. The summed E-state index contributed by atoms with van der Waals surface area (Å²) in [4.78, 5) is 0. The summed E-state index contributed by atoms with van der Waals surface area (Å²) in [5.74, 6) is 0.942. The Hall–Kier alpha value is -1.32. The van der Waals surface area contributed by atoms with Crippen LogP contribution in [0.5, 0.6) is 5.75 Å². The molecule has 3 heteroatoms. The van der Waals surface area contributed by atoms with E-state index in [0.29, 0.717) is 0 Å². The van der Waals surface area contributed by atoms with Gasteiger partial charge in [0, 0.05) is 10.4 Å². The molecule has 106 valence electrons. The smallest absolute Gasteiger partial charge is 0.122 e. The van der Waals surface area contributed by atoms with Crippen LogP contribution in [0.1, 0.15) is 22.6 Å². The molecule has 0 aliphatic rings. The maximum atomic E-state index is 9.69. The van der Waals surface area contributed by atoms with E-state index in [-0.39, 0.29) is 12.5 Å². The Morgan fingerprint density at radius 3 is 2.45 bits per heavy atom. The number of hydrogen-bond acceptors (Lipinski definition) is 2. The second-order valence-electron chi connectivity index (χ2n) is 4.95. The number of hydrogen-bond donors (Lipinski definition) is 1. The molecule has 0 heterocycles. The van der Waals surface area contributed by atoms with E-state index in [2.05, 4.69) is 53.2 Å². The number of benzene rings is 2. The lowest BCUT2D eigenvalue weighted by atomic mass is 9.92. The molecule has 0 aromatic heterocycles. The van der Waals surface area contributed by atoms with Crippen LogP contribution in [-0.2, 0) is 6.42 Å². The average Bonchev–Trinajstić information content (AvgIpc) is 2.46. The molecule has 0 saturated carbocycles. The molecule has 1 N–H and O–H groups in total. The van der Waals surface area contributed by atoms with E-state index in [1.807, 2.05) is 12.1 Å². The van der Waals surface area contributed by atoms with Gasteiger partial charge in [-0.15, -0.1) is 0 Å². The normalized spacial score (nSPS) is 12.2. The molecule has 0 spiro atoms. The summed E-state index contributed by atoms with van der Waals surface area (Å²) >= 11 is 3.49. The van der Waals surface area contributed by atoms with Gasteiger partial charge in [0.25, 0.3) is 0 Å². The highest BCUT2D eigenvalue weighted by Crippen LogP contribution is 2.29. The summed E-state index contributed by atoms with van der Waals surface area (Å²) in [6.07, 6.45) is 0.752. The van der Waals surface area contributed by atoms with E-state index in [1.54, 1.807) is 7.11 Å². The van der Waals surface area contributed by atoms with Crippen molar-refractivity contribution < 1.29 is 9.84 Å². The molecule has 20 heavy (non-hydrogen) atoms. The molecule has 0 radical (unpaired) electrons. The zero-order chi connectivity index (χ0) is 14.5. The van der Waals surface area contributed by atoms with Gasteiger partial charge in [-0.3, -0.25) is 0 Å². The number of rotatable bonds is 5. The molecule has 0 fully saturated rings. The molecule has 0 aliphatic carbocycles. The highest BCUT2D eigenvalue weighted by atomic mass is 79.9. The number of methoxy groups -OCH3 is 1. The van der Waals surface area contributed by atoms with Crippen molar-refractivity contribution >= 4 is 15.9 Å². The van der Waals surface area contributed by atoms with Crippen LogP contribution in [0.15, 0.2) is 46.9 Å². The fourth-order valence-electron chi connectivity index (χ4n) is 2.30. The molecule has 0 aliphatic heterocycles. The summed E-state index contributed by atoms with van der Waals surface area (Å²) in [5, 5.41) is 9.69. The van der Waals surface area contributed by atoms with Gasteiger partial charge in [-0.25, -0.2) is 0 Å². The van der Waals surface area contributed by atoms with Gasteiger partial charge in [-0.2, -0.15) is 0 Å². The predicted molar refractivity (Wildman–Crippen MR) is 85.4 cm³/mol. The summed E-state index contributed by atoms with van der Waals surface area (Å²) in [6.45, 7) is 2.19. The van der Waals surface area contributed by atoms with Gasteiger partial charge >= 0.3 is 0 Å². The van der Waals surface area contributed by atoms with Crippen molar-refractivity contribution in [3.05, 3.63) is 63.6 Å². The zero-order valence-electron chi connectivity index (χ0n) is 11.8. The van der Waals surface area contributed by atoms with Crippen LogP contribution in [0.3, 0.4) is 0 Å². The second kappa shape index (κ2) is 6.91. The van der Waals surface area contributed by atoms with Gasteiger partial charge in [0.05, 0.1) is 13.7 Å². The van der Waals surface area contributed by atoms with Crippen LogP contribution < -0.4 is 4.74 Å². The van der Waals surface area contributed by atoms with E-state index >= 15 is 0 Å². The lowest BCUT2D eigenvalue weighted by Gasteiger charge is -2.17. The molecule has 2 aromatic rings. The Kier molecular flexibility index (Phi) is 5.21. The van der Waals surface area contributed by atoms with Crippen molar-refractivity contribution in [2.75, 3.05) is 13.7 Å². The molecule has 2 aromatic carbocycles. The molecular formula is C17H19BrO2. The van der Waals surface area contributed by atoms with Crippen molar-refractivity contribution in [3.63, 3.8) is 0 Å². The first-order valence-corrected chi connectivity index (χ1v) is 7.43. The minimum atomic E-state index is 0.0822. The third-order valence-corrected chi connectivity index (χ3v) is 3.97. The van der Waals surface area contributed by atoms with Gasteiger partial charge in [0.15, 0.2) is 0 Å². The number of halogens is 1. The van der Waals surface area contributed by atoms with Crippen LogP contribution in [-0.4, -0.2) is 18.8 Å². The van der Waals surface area contributed by atoms with Crippen LogP contribution in [0, 0.1) is 6.92 Å². The zero-order valence-corrected chi connectivity index (χ0v) is 13.4. The van der Waals surface area contributed by atoms with Gasteiger partial charge in [-0.05, 0) is 42.7 Å². The van der Waals surface area contributed by atoms with Crippen LogP contribution >= 0.6 is 15.9 Å². The first kappa shape index (κ1) is 15.1. The highest BCUT2D eigenvalue weighted by Gasteiger charge is 2.14. The van der Waals surface area contributed by atoms with Gasteiger partial charge in [0.2, 0.25) is 0 Å². The van der Waals surface area contributed by atoms with Gasteiger partial charge in [0.1, 0.15) is 5.75 Å². The standard InChI is InChI=1S/C17H19BrO2/c1-12-3-5-13(6-4-12)15(11-19)9-14-10-16(18)7-8-17(14)20-2/h3-8,10,15,19H,9,11H2,1-2H3. The predicted octanol–water partition coefficient (Wildman–Crippen LogP) is 4.08. The topological polar surface area (TPSA) is 29.5 Å². The molecule has 1 atom stereocenters. The number of aryl methyl sites for hydroxylation is 1. The fourth-order valence-corrected chi connectivity index (χ4v) is 2.71. The molecule has 0 bridgehead atoms. The molecule has 1 unspecified atom stereocenters. The summed E-state index contributed by atoms with van der Waals surface area (Å²) in [5.41, 5.74) is 3.48. The van der Waals surface area contributed by atoms with E-state index in [9.17, 15) is 5.11 Å². The summed E-state index contributed by atoms with van der Waals surface area (Å²) < 4.78 is 6.42. The largest absolute Gasteiger partial charge is 0.496 e. The maximum absolute atomic E-state index is 9.69. The SMILES string of the molecule is COc1ccc(Br)cc1CC(CO)c1ccc(C)cc1. The van der Waals surface area contributed by atoms with Gasteiger partial charge in [-0.1, -0.05) is 45.8 Å². The Bertz CT molecular complexity index is 564. The molecule has 0 saturated heterocycles. The Morgan fingerprint density at radius 1 is 1.15 bits per heavy atom. The lowest BCUT2D eigenvalue weighted by Crippen LogP contribution is -2.08. The highest BCUT2D eigenvalue weighted by molar-refractivity contribution is 9.10. The Morgan fingerprint density at radius 2 is 1.85 bits per heavy atom. The number of aliphatic hydroxyl groups is 1. The quantitative estimate of drug-likeness (QED) is 0.892. The lowest BCUT2D eigenvalue weighted by molar-refractivity contribution is 0.263. The van der Waals surface area contributed by atoms with E-state index in [1.165, 1.54) is 5.56 Å². The first-order valence-electron chi connectivity index (χ1n) is 6.64. The van der Waals surface area contributed by atoms with Crippen LogP contribution in [0.25, 0.3) is 0 Å². The minimum absolute atomic E-state index is 0.0822. The third kappa shape index (κ3) is 3.62. The molecule has 0 amide bonds. The van der Waals surface area contributed by atoms with Crippen LogP contribution in [0.2, 0.25) is 0 Å². The van der Waals surface area contributed by atoms with Crippen molar-refractivity contribution in [3.8, 4) is 5.75 Å². The van der Waals surface area contributed by atoms with Crippen molar-refractivity contribution in [2.24, 2.45) is 0 Å². The van der Waals surface area contributed by atoms with E-state index in [4.69, 9.17) is 4.74 Å². The molecule has 2 nitrogen and oxygen atoms in total. The van der Waals surface area contributed by atoms with E-state index < -0.39 is 0 Å². The summed E-state index contributed by atoms with van der Waals surface area (Å²) in [6, 6.07) is 14.3. The Balaban J connectivity index is 2.26. The number of ether oxygens (including phenoxy) is 1. The van der Waals surface area contributed by atoms with Crippen LogP contribution in [0.4, 0.5) is 0 Å². The molecule has 2 rings (SSSR count). The average molecular weight is 335 g/mol. The fraction of sp³-hybridized carbons (Fsp3) is 0.294. The minimum Gasteiger partial charge on any atom is -0.496 e. The monoisotopic (exact) mass is 334 g/mol. The van der Waals surface area contributed by atoms with Crippen molar-refractivity contribution in [2.45, 2.75) is 19.3 Å². The Labute approximate surface area is 128 Å². The first-order chi connectivity index (χ1) is 9.63. The van der Waals surface area contributed by atoms with Crippen molar-refractivity contribution in [1.29, 1.82) is 0 Å². The number of aliphatic hydroxyl groups excluding tert-OH is 1. The second-order valence-corrected chi connectivity index (χ2v) is 5.87. The van der Waals surface area contributed by atoms with Gasteiger partial charge < -0.3 is 9.84 Å². The molecular weight excluding hydrogens is 316 g/mol. The maximum Gasteiger partial charge on any atom is 0.122 e. The third-order valence-electron chi connectivity index (χ3n) is 3.48. The van der Waals surface area contributed by atoms with Crippen molar-refractivity contribution in [1.82, 2.24) is 0 Å².